The maximum absolute atomic E-state index is 11.9. The zero-order valence-corrected chi connectivity index (χ0v) is 10.3. The third-order valence-corrected chi connectivity index (χ3v) is 3.27. The number of nitro groups is 1. The molecule has 0 spiro atoms. The van der Waals surface area contributed by atoms with Crippen molar-refractivity contribution < 1.29 is 30.7 Å². The third-order valence-electron chi connectivity index (χ3n) is 1.96. The predicted molar refractivity (Wildman–Crippen MR) is 57.0 cm³/mol. The van der Waals surface area contributed by atoms with E-state index in [1.165, 1.54) is 13.0 Å². The molecule has 1 aromatic carbocycles. The minimum atomic E-state index is -4.85. The molecule has 0 bridgehead atoms. The highest BCUT2D eigenvalue weighted by Gasteiger charge is 2.34. The number of nitro benzene ring substituents is 1. The molecule has 6 nitrogen and oxygen atoms in total. The van der Waals surface area contributed by atoms with Crippen molar-refractivity contribution >= 4 is 15.8 Å². The van der Waals surface area contributed by atoms with Crippen LogP contribution in [0.15, 0.2) is 23.1 Å². The first-order valence-corrected chi connectivity index (χ1v) is 6.15. The molecule has 106 valence electrons. The van der Waals surface area contributed by atoms with E-state index in [2.05, 4.69) is 4.18 Å². The van der Waals surface area contributed by atoms with Crippen molar-refractivity contribution in [1.29, 1.82) is 0 Å². The molecule has 0 unspecified atom stereocenters. The molecular formula is C9H8F3NO5S. The van der Waals surface area contributed by atoms with Crippen LogP contribution in [-0.2, 0) is 14.3 Å². The van der Waals surface area contributed by atoms with Gasteiger partial charge in [-0.2, -0.15) is 21.6 Å². The van der Waals surface area contributed by atoms with E-state index in [9.17, 15) is 31.7 Å². The van der Waals surface area contributed by atoms with Crippen LogP contribution in [0.2, 0.25) is 0 Å². The average Bonchev–Trinajstić information content (AvgIpc) is 2.25. The largest absolute Gasteiger partial charge is 0.413 e. The van der Waals surface area contributed by atoms with Gasteiger partial charge < -0.3 is 0 Å². The van der Waals surface area contributed by atoms with Crippen LogP contribution in [0, 0.1) is 17.0 Å². The van der Waals surface area contributed by atoms with E-state index >= 15 is 0 Å². The van der Waals surface area contributed by atoms with Gasteiger partial charge in [-0.1, -0.05) is 6.07 Å². The maximum Gasteiger partial charge on any atom is 0.413 e. The molecule has 0 aliphatic rings. The summed E-state index contributed by atoms with van der Waals surface area (Å²) in [5.41, 5.74) is -0.441. The summed E-state index contributed by atoms with van der Waals surface area (Å²) in [5, 5.41) is 10.7. The Morgan fingerprint density at radius 1 is 1.37 bits per heavy atom. The number of hydrogen-bond acceptors (Lipinski definition) is 5. The Labute approximate surface area is 106 Å². The summed E-state index contributed by atoms with van der Waals surface area (Å²) < 4.78 is 62.4. The smallest absolute Gasteiger partial charge is 0.258 e. The number of aryl methyl sites for hydroxylation is 1. The molecule has 0 heterocycles. The van der Waals surface area contributed by atoms with Gasteiger partial charge in [0.05, 0.1) is 4.92 Å². The van der Waals surface area contributed by atoms with Crippen LogP contribution in [0.3, 0.4) is 0 Å². The summed E-state index contributed by atoms with van der Waals surface area (Å²) in [6.45, 7) is -0.569. The Kier molecular flexibility index (Phi) is 4.15. The van der Waals surface area contributed by atoms with E-state index in [1.807, 2.05) is 0 Å². The molecule has 1 rings (SSSR count). The van der Waals surface area contributed by atoms with Crippen molar-refractivity contribution in [1.82, 2.24) is 0 Å². The van der Waals surface area contributed by atoms with Gasteiger partial charge in [-0.3, -0.25) is 14.3 Å². The SMILES string of the molecule is Cc1ccc(S(=O)(=O)OCC(F)(F)F)c([N+](=O)[O-])c1. The molecule has 1 aromatic rings. The fraction of sp³-hybridized carbons (Fsp3) is 0.333. The molecule has 0 atom stereocenters. The van der Waals surface area contributed by atoms with Gasteiger partial charge in [0.2, 0.25) is 0 Å². The molecule has 0 aliphatic carbocycles. The standard InChI is InChI=1S/C9H8F3NO5S/c1-6-2-3-8(7(4-6)13(14)15)19(16,17)18-5-9(10,11)12/h2-4H,5H2,1H3. The number of benzene rings is 1. The summed E-state index contributed by atoms with van der Waals surface area (Å²) in [6, 6.07) is 2.99. The van der Waals surface area contributed by atoms with Gasteiger partial charge in [0, 0.05) is 6.07 Å². The average molecular weight is 299 g/mol. The van der Waals surface area contributed by atoms with Crippen LogP contribution in [0.4, 0.5) is 18.9 Å². The second-order valence-electron chi connectivity index (χ2n) is 3.56. The highest BCUT2D eigenvalue weighted by atomic mass is 32.2. The predicted octanol–water partition coefficient (Wildman–Crippen LogP) is 2.17. The van der Waals surface area contributed by atoms with E-state index in [-0.39, 0.29) is 0 Å². The zero-order valence-electron chi connectivity index (χ0n) is 9.47. The lowest BCUT2D eigenvalue weighted by Gasteiger charge is -2.08. The van der Waals surface area contributed by atoms with E-state index < -0.39 is 38.4 Å². The van der Waals surface area contributed by atoms with Gasteiger partial charge in [0.15, 0.2) is 11.5 Å². The molecule has 0 fully saturated rings. The molecule has 19 heavy (non-hydrogen) atoms. The van der Waals surface area contributed by atoms with Crippen molar-refractivity contribution in [3.63, 3.8) is 0 Å². The van der Waals surface area contributed by atoms with Crippen molar-refractivity contribution in [2.24, 2.45) is 0 Å². The lowest BCUT2D eigenvalue weighted by Crippen LogP contribution is -2.21. The third kappa shape index (κ3) is 4.17. The monoisotopic (exact) mass is 299 g/mol. The van der Waals surface area contributed by atoms with Crippen LogP contribution in [0.5, 0.6) is 0 Å². The van der Waals surface area contributed by atoms with Gasteiger partial charge in [0.25, 0.3) is 5.69 Å². The normalized spacial score (nSPS) is 12.4. The summed E-state index contributed by atoms with van der Waals surface area (Å²) in [7, 11) is -4.85. The molecule has 0 saturated heterocycles. The summed E-state index contributed by atoms with van der Waals surface area (Å²) in [6.07, 6.45) is -4.85. The van der Waals surface area contributed by atoms with Crippen LogP contribution in [0.1, 0.15) is 5.56 Å². The first-order chi connectivity index (χ1) is 8.53. The first-order valence-electron chi connectivity index (χ1n) is 4.74. The van der Waals surface area contributed by atoms with Crippen molar-refractivity contribution in [2.45, 2.75) is 18.0 Å². The van der Waals surface area contributed by atoms with Crippen LogP contribution in [-0.4, -0.2) is 26.1 Å². The number of alkyl halides is 3. The van der Waals surface area contributed by atoms with E-state index in [0.29, 0.717) is 5.56 Å². The van der Waals surface area contributed by atoms with Gasteiger partial charge >= 0.3 is 16.3 Å². The van der Waals surface area contributed by atoms with Gasteiger partial charge in [-0.15, -0.1) is 0 Å². The Morgan fingerprint density at radius 2 is 1.95 bits per heavy atom. The highest BCUT2D eigenvalue weighted by molar-refractivity contribution is 7.87. The summed E-state index contributed by atoms with van der Waals surface area (Å²) in [4.78, 5) is 8.77. The summed E-state index contributed by atoms with van der Waals surface area (Å²) >= 11 is 0. The van der Waals surface area contributed by atoms with Crippen LogP contribution >= 0.6 is 0 Å². The number of nitrogens with zero attached hydrogens (tertiary/aromatic N) is 1. The van der Waals surface area contributed by atoms with E-state index in [4.69, 9.17) is 0 Å². The van der Waals surface area contributed by atoms with Crippen LogP contribution in [0.25, 0.3) is 0 Å². The fourth-order valence-corrected chi connectivity index (χ4v) is 2.23. The number of hydrogen-bond donors (Lipinski definition) is 0. The topological polar surface area (TPSA) is 86.5 Å². The lowest BCUT2D eigenvalue weighted by molar-refractivity contribution is -0.388. The van der Waals surface area contributed by atoms with Crippen molar-refractivity contribution in [2.75, 3.05) is 6.61 Å². The van der Waals surface area contributed by atoms with Crippen molar-refractivity contribution in [3.8, 4) is 0 Å². The van der Waals surface area contributed by atoms with Gasteiger partial charge in [-0.05, 0) is 18.6 Å². The van der Waals surface area contributed by atoms with E-state index in [0.717, 1.165) is 12.1 Å². The van der Waals surface area contributed by atoms with Crippen LogP contribution < -0.4 is 0 Å². The van der Waals surface area contributed by atoms with E-state index in [1.54, 1.807) is 0 Å². The maximum atomic E-state index is 11.9. The van der Waals surface area contributed by atoms with Gasteiger partial charge in [-0.25, -0.2) is 0 Å². The molecular weight excluding hydrogens is 291 g/mol. The van der Waals surface area contributed by atoms with Crippen molar-refractivity contribution in [3.05, 3.63) is 33.9 Å². The Hall–Kier alpha value is -1.68. The lowest BCUT2D eigenvalue weighted by atomic mass is 10.2. The molecule has 10 heteroatoms. The number of rotatable bonds is 4. The minimum absolute atomic E-state index is 0.390. The Morgan fingerprint density at radius 3 is 2.42 bits per heavy atom. The molecule has 0 amide bonds. The molecule has 0 saturated carbocycles. The highest BCUT2D eigenvalue weighted by Crippen LogP contribution is 2.27. The zero-order chi connectivity index (χ0) is 14.8. The van der Waals surface area contributed by atoms with Gasteiger partial charge in [0.1, 0.15) is 0 Å². The second-order valence-corrected chi connectivity index (χ2v) is 5.14. The number of halogens is 3. The first kappa shape index (κ1) is 15.4. The Bertz CT molecular complexity index is 596. The molecule has 0 aromatic heterocycles. The fourth-order valence-electron chi connectivity index (χ4n) is 1.19. The quantitative estimate of drug-likeness (QED) is 0.483. The Balaban J connectivity index is 3.18. The molecule has 0 N–H and O–H groups in total. The second kappa shape index (κ2) is 5.13. The summed E-state index contributed by atoms with van der Waals surface area (Å²) in [5.74, 6) is 0. The minimum Gasteiger partial charge on any atom is -0.258 e. The molecule has 0 radical (unpaired) electrons. The molecule has 0 aliphatic heterocycles.